The largest absolute Gasteiger partial charge is 0.435 e. The van der Waals surface area contributed by atoms with Gasteiger partial charge in [0.05, 0.1) is 16.3 Å². The fraction of sp³-hybridized carbons (Fsp3) is 0.375. The van der Waals surface area contributed by atoms with Crippen molar-refractivity contribution in [2.24, 2.45) is 0 Å². The second-order valence-electron chi connectivity index (χ2n) is 8.67. The van der Waals surface area contributed by atoms with Crippen molar-refractivity contribution in [3.63, 3.8) is 0 Å². The van der Waals surface area contributed by atoms with E-state index in [4.69, 9.17) is 0 Å². The van der Waals surface area contributed by atoms with Gasteiger partial charge in [0.2, 0.25) is 10.0 Å². The highest BCUT2D eigenvalue weighted by molar-refractivity contribution is 7.93. The van der Waals surface area contributed by atoms with Crippen LogP contribution in [0, 0.1) is 11.3 Å². The van der Waals surface area contributed by atoms with Crippen LogP contribution in [-0.2, 0) is 16.4 Å². The predicted molar refractivity (Wildman–Crippen MR) is 121 cm³/mol. The highest BCUT2D eigenvalue weighted by Crippen LogP contribution is 2.40. The molecule has 3 aromatic rings. The molecule has 172 valence electrons. The third kappa shape index (κ3) is 4.27. The van der Waals surface area contributed by atoms with E-state index in [9.17, 15) is 22.5 Å². The van der Waals surface area contributed by atoms with Crippen molar-refractivity contribution < 1.29 is 21.9 Å². The SMILES string of the molecule is N#Cc1c(Cc2ccc(NS(=O)(=O)C3CC3)cc2)n(C2CCC2)c2cc(OC(F)F)ccc12. The minimum Gasteiger partial charge on any atom is -0.435 e. The first-order chi connectivity index (χ1) is 15.9. The second-order valence-corrected chi connectivity index (χ2v) is 10.6. The molecule has 5 rings (SSSR count). The number of hydrogen-bond acceptors (Lipinski definition) is 4. The Morgan fingerprint density at radius 3 is 2.42 bits per heavy atom. The minimum atomic E-state index is -3.33. The number of nitrogens with one attached hydrogen (secondary N) is 1. The average molecular weight is 472 g/mol. The number of ether oxygens (including phenoxy) is 1. The van der Waals surface area contributed by atoms with Gasteiger partial charge in [-0.3, -0.25) is 4.72 Å². The number of sulfonamides is 1. The van der Waals surface area contributed by atoms with E-state index in [1.807, 2.05) is 12.1 Å². The van der Waals surface area contributed by atoms with Gasteiger partial charge in [0.1, 0.15) is 11.8 Å². The van der Waals surface area contributed by atoms with Crippen molar-refractivity contribution in [1.29, 1.82) is 5.26 Å². The number of benzene rings is 2. The molecule has 0 unspecified atom stereocenters. The summed E-state index contributed by atoms with van der Waals surface area (Å²) < 4.78 is 59.2. The normalized spacial score (nSPS) is 16.5. The minimum absolute atomic E-state index is 0.0684. The number of fused-ring (bicyclic) bond motifs is 1. The molecule has 6 nitrogen and oxygen atoms in total. The first kappa shape index (κ1) is 21.7. The Hall–Kier alpha value is -3.12. The zero-order chi connectivity index (χ0) is 23.2. The maximum Gasteiger partial charge on any atom is 0.387 e. The first-order valence-electron chi connectivity index (χ1n) is 11.0. The highest BCUT2D eigenvalue weighted by Gasteiger charge is 2.35. The van der Waals surface area contributed by atoms with Gasteiger partial charge in [-0.25, -0.2) is 8.42 Å². The average Bonchev–Trinajstić information content (AvgIpc) is 3.55. The number of anilines is 1. The number of alkyl halides is 2. The molecule has 0 atom stereocenters. The van der Waals surface area contributed by atoms with Crippen LogP contribution in [0.2, 0.25) is 0 Å². The molecular formula is C24H23F2N3O3S. The molecule has 9 heteroatoms. The molecule has 1 N–H and O–H groups in total. The standard InChI is InChI=1S/C24H23F2N3O3S/c25-24(26)32-18-8-11-20-21(14-27)22(29(23(20)13-18)17-2-1-3-17)12-15-4-6-16(7-5-15)28-33(30,31)19-9-10-19/h4-8,11,13,17,19,24,28H,1-3,9-10,12H2. The monoisotopic (exact) mass is 471 g/mol. The summed E-state index contributed by atoms with van der Waals surface area (Å²) in [4.78, 5) is 0. The number of nitrogens with zero attached hydrogens (tertiary/aromatic N) is 2. The maximum atomic E-state index is 12.8. The van der Waals surface area contributed by atoms with E-state index in [1.54, 1.807) is 24.3 Å². The van der Waals surface area contributed by atoms with E-state index in [0.717, 1.165) is 41.4 Å². The van der Waals surface area contributed by atoms with Crippen LogP contribution >= 0.6 is 0 Å². The number of nitriles is 1. The highest BCUT2D eigenvalue weighted by atomic mass is 32.2. The molecule has 2 aliphatic carbocycles. The Kier molecular flexibility index (Phi) is 5.49. The third-order valence-corrected chi connectivity index (χ3v) is 8.27. The van der Waals surface area contributed by atoms with Crippen molar-refractivity contribution >= 4 is 26.6 Å². The van der Waals surface area contributed by atoms with Crippen molar-refractivity contribution in [2.75, 3.05) is 4.72 Å². The van der Waals surface area contributed by atoms with Gasteiger partial charge in [-0.2, -0.15) is 14.0 Å². The summed E-state index contributed by atoms with van der Waals surface area (Å²) in [7, 11) is -3.33. The Bertz CT molecular complexity index is 1340. The molecular weight excluding hydrogens is 448 g/mol. The molecule has 1 heterocycles. The predicted octanol–water partition coefficient (Wildman–Crippen LogP) is 5.33. The van der Waals surface area contributed by atoms with Crippen LogP contribution in [0.1, 0.15) is 55.0 Å². The van der Waals surface area contributed by atoms with E-state index in [1.165, 1.54) is 6.07 Å². The number of hydrogen-bond donors (Lipinski definition) is 1. The van der Waals surface area contributed by atoms with Crippen molar-refractivity contribution in [3.05, 3.63) is 59.3 Å². The van der Waals surface area contributed by atoms with Crippen molar-refractivity contribution in [2.45, 2.75) is 56.4 Å². The van der Waals surface area contributed by atoms with Crippen LogP contribution in [-0.4, -0.2) is 24.8 Å². The van der Waals surface area contributed by atoms with Gasteiger partial charge in [-0.1, -0.05) is 12.1 Å². The van der Waals surface area contributed by atoms with Gasteiger partial charge in [-0.05, 0) is 61.9 Å². The summed E-state index contributed by atoms with van der Waals surface area (Å²) in [5.74, 6) is 0.0684. The molecule has 0 bridgehead atoms. The van der Waals surface area contributed by atoms with Crippen LogP contribution in [0.4, 0.5) is 14.5 Å². The second kappa shape index (κ2) is 8.34. The number of aromatic nitrogens is 1. The Balaban J connectivity index is 1.50. The van der Waals surface area contributed by atoms with Gasteiger partial charge in [0.15, 0.2) is 0 Å². The molecule has 2 aromatic carbocycles. The van der Waals surface area contributed by atoms with E-state index in [0.29, 0.717) is 30.5 Å². The van der Waals surface area contributed by atoms with E-state index in [2.05, 4.69) is 20.1 Å². The Morgan fingerprint density at radius 2 is 1.85 bits per heavy atom. The summed E-state index contributed by atoms with van der Waals surface area (Å²) in [5.41, 5.74) is 3.52. The molecule has 1 aromatic heterocycles. The molecule has 0 saturated heterocycles. The Labute approximate surface area is 190 Å². The van der Waals surface area contributed by atoms with E-state index >= 15 is 0 Å². The van der Waals surface area contributed by atoms with E-state index < -0.39 is 16.6 Å². The lowest BCUT2D eigenvalue weighted by Gasteiger charge is -2.30. The van der Waals surface area contributed by atoms with Crippen LogP contribution in [0.5, 0.6) is 5.75 Å². The van der Waals surface area contributed by atoms with Gasteiger partial charge in [-0.15, -0.1) is 0 Å². The lowest BCUT2D eigenvalue weighted by Crippen LogP contribution is -2.19. The van der Waals surface area contributed by atoms with Crippen LogP contribution in [0.25, 0.3) is 10.9 Å². The number of halogens is 2. The molecule has 0 radical (unpaired) electrons. The Morgan fingerprint density at radius 1 is 1.12 bits per heavy atom. The lowest BCUT2D eigenvalue weighted by atomic mass is 9.92. The van der Waals surface area contributed by atoms with Gasteiger partial charge in [0.25, 0.3) is 0 Å². The third-order valence-electron chi connectivity index (χ3n) is 6.40. The molecule has 2 fully saturated rings. The summed E-state index contributed by atoms with van der Waals surface area (Å²) in [6.45, 7) is -2.92. The molecule has 2 aliphatic rings. The fourth-order valence-electron chi connectivity index (χ4n) is 4.39. The molecule has 0 aliphatic heterocycles. The summed E-state index contributed by atoms with van der Waals surface area (Å²) in [6.07, 6.45) is 4.86. The summed E-state index contributed by atoms with van der Waals surface area (Å²) >= 11 is 0. The summed E-state index contributed by atoms with van der Waals surface area (Å²) in [5, 5.41) is 10.4. The van der Waals surface area contributed by atoms with Gasteiger partial charge >= 0.3 is 6.61 Å². The molecule has 0 amide bonds. The first-order valence-corrected chi connectivity index (χ1v) is 12.5. The number of rotatable bonds is 8. The molecule has 33 heavy (non-hydrogen) atoms. The van der Waals surface area contributed by atoms with Gasteiger partial charge < -0.3 is 9.30 Å². The fourth-order valence-corrected chi connectivity index (χ4v) is 5.78. The topological polar surface area (TPSA) is 84.1 Å². The van der Waals surface area contributed by atoms with Crippen molar-refractivity contribution in [1.82, 2.24) is 4.57 Å². The zero-order valence-electron chi connectivity index (χ0n) is 17.8. The quantitative estimate of drug-likeness (QED) is 0.481. The molecule has 0 spiro atoms. The molecule has 2 saturated carbocycles. The van der Waals surface area contributed by atoms with Crippen LogP contribution < -0.4 is 9.46 Å². The lowest BCUT2D eigenvalue weighted by molar-refractivity contribution is -0.0497. The van der Waals surface area contributed by atoms with Crippen LogP contribution in [0.3, 0.4) is 0 Å². The maximum absolute atomic E-state index is 12.8. The summed E-state index contributed by atoms with van der Waals surface area (Å²) in [6, 6.07) is 14.4. The van der Waals surface area contributed by atoms with Crippen LogP contribution in [0.15, 0.2) is 42.5 Å². The van der Waals surface area contributed by atoms with Crippen molar-refractivity contribution in [3.8, 4) is 11.8 Å². The van der Waals surface area contributed by atoms with E-state index in [-0.39, 0.29) is 17.0 Å². The van der Waals surface area contributed by atoms with Gasteiger partial charge in [0, 0.05) is 35.3 Å². The zero-order valence-corrected chi connectivity index (χ0v) is 18.6. The smallest absolute Gasteiger partial charge is 0.387 e.